The Morgan fingerprint density at radius 2 is 2.11 bits per heavy atom. The van der Waals surface area contributed by atoms with Crippen LogP contribution in [0.15, 0.2) is 30.6 Å². The van der Waals surface area contributed by atoms with Gasteiger partial charge in [-0.1, -0.05) is 12.1 Å². The number of imidazole rings is 1. The molecule has 1 aromatic heterocycles. The minimum Gasteiger partial charge on any atom is -0.385 e. The predicted molar refractivity (Wildman–Crippen MR) is 72.1 cm³/mol. The molecule has 1 aromatic carbocycles. The van der Waals surface area contributed by atoms with Crippen LogP contribution in [0.1, 0.15) is 0 Å². The van der Waals surface area contributed by atoms with Crippen LogP contribution in [0.2, 0.25) is 0 Å². The zero-order valence-electron chi connectivity index (χ0n) is 11.0. The van der Waals surface area contributed by atoms with Gasteiger partial charge in [-0.2, -0.15) is 0 Å². The molecule has 2 aromatic rings. The molecule has 0 amide bonds. The topological polar surface area (TPSA) is 51.7 Å². The lowest BCUT2D eigenvalue weighted by atomic mass is 10.2. The summed E-state index contributed by atoms with van der Waals surface area (Å²) in [6, 6.07) is 8.01. The molecule has 0 spiro atoms. The molecule has 0 bridgehead atoms. The molecule has 5 nitrogen and oxygen atoms in total. The van der Waals surface area contributed by atoms with E-state index in [1.165, 1.54) is 4.90 Å². The molecule has 5 heteroatoms. The second-order valence-corrected chi connectivity index (χ2v) is 5.11. The van der Waals surface area contributed by atoms with Crippen LogP contribution in [0.3, 0.4) is 0 Å². The number of morpholine rings is 1. The first-order valence-electron chi connectivity index (χ1n) is 6.82. The van der Waals surface area contributed by atoms with Crippen molar-refractivity contribution >= 4 is 11.0 Å². The maximum absolute atomic E-state index is 10.2. The monoisotopic (exact) mass is 262 g/mol. The van der Waals surface area contributed by atoms with Gasteiger partial charge in [0.1, 0.15) is 25.7 Å². The van der Waals surface area contributed by atoms with Crippen LogP contribution < -0.4 is 4.90 Å². The smallest absolute Gasteiger partial charge is 0.121 e. The number of nitrogens with zero attached hydrogens (tertiary/aromatic N) is 2. The summed E-state index contributed by atoms with van der Waals surface area (Å²) in [5, 5.41) is 10.2. The number of quaternary nitrogens is 1. The molecule has 1 aliphatic heterocycles. The molecular weight excluding hydrogens is 242 g/mol. The molecule has 19 heavy (non-hydrogen) atoms. The molecule has 0 unspecified atom stereocenters. The van der Waals surface area contributed by atoms with Crippen molar-refractivity contribution in [2.45, 2.75) is 12.6 Å². The van der Waals surface area contributed by atoms with Gasteiger partial charge in [0.15, 0.2) is 0 Å². The number of aromatic nitrogens is 2. The van der Waals surface area contributed by atoms with Crippen LogP contribution in [-0.4, -0.2) is 53.6 Å². The van der Waals surface area contributed by atoms with Gasteiger partial charge in [0.05, 0.1) is 37.1 Å². The minimum absolute atomic E-state index is 0.342. The summed E-state index contributed by atoms with van der Waals surface area (Å²) >= 11 is 0. The Balaban J connectivity index is 1.63. The Morgan fingerprint density at radius 3 is 2.95 bits per heavy atom. The summed E-state index contributed by atoms with van der Waals surface area (Å²) in [5.74, 6) is 0. The van der Waals surface area contributed by atoms with E-state index in [1.807, 2.05) is 35.2 Å². The number of hydrogen-bond acceptors (Lipinski definition) is 3. The predicted octanol–water partition coefficient (Wildman–Crippen LogP) is -0.688. The van der Waals surface area contributed by atoms with E-state index in [0.29, 0.717) is 6.54 Å². The van der Waals surface area contributed by atoms with E-state index in [-0.39, 0.29) is 6.10 Å². The zero-order valence-corrected chi connectivity index (χ0v) is 11.0. The number of benzene rings is 1. The van der Waals surface area contributed by atoms with E-state index in [4.69, 9.17) is 4.74 Å². The number of aliphatic hydroxyl groups excluding tert-OH is 1. The lowest BCUT2D eigenvalue weighted by molar-refractivity contribution is -0.911. The Kier molecular flexibility index (Phi) is 3.77. The van der Waals surface area contributed by atoms with Gasteiger partial charge in [-0.3, -0.25) is 0 Å². The summed E-state index contributed by atoms with van der Waals surface area (Å²) in [7, 11) is 0. The molecule has 102 valence electrons. The summed E-state index contributed by atoms with van der Waals surface area (Å²) in [5.41, 5.74) is 2.06. The highest BCUT2D eigenvalue weighted by molar-refractivity contribution is 5.74. The number of nitrogens with one attached hydrogen (secondary N) is 1. The van der Waals surface area contributed by atoms with Gasteiger partial charge >= 0.3 is 0 Å². The fourth-order valence-corrected chi connectivity index (χ4v) is 2.64. The van der Waals surface area contributed by atoms with E-state index in [2.05, 4.69) is 4.98 Å². The number of aliphatic hydroxyl groups is 1. The minimum atomic E-state index is -0.342. The number of fused-ring (bicyclic) bond motifs is 1. The van der Waals surface area contributed by atoms with Crippen molar-refractivity contribution in [3.05, 3.63) is 30.6 Å². The fourth-order valence-electron chi connectivity index (χ4n) is 2.64. The standard InChI is InChI=1S/C14H19N3O2/c18-12(9-16-5-7-19-8-6-16)10-17-11-15-13-3-1-2-4-14(13)17/h1-4,11-12,18H,5-10H2/p+1/t12-/m1/s1. The van der Waals surface area contributed by atoms with Crippen molar-refractivity contribution in [2.75, 3.05) is 32.8 Å². The number of rotatable bonds is 4. The van der Waals surface area contributed by atoms with Crippen LogP contribution in [0.4, 0.5) is 0 Å². The molecule has 0 saturated carbocycles. The lowest BCUT2D eigenvalue weighted by Crippen LogP contribution is -3.15. The normalized spacial score (nSPS) is 18.8. The van der Waals surface area contributed by atoms with Gasteiger partial charge < -0.3 is 19.3 Å². The van der Waals surface area contributed by atoms with Gasteiger partial charge in [0.2, 0.25) is 0 Å². The molecular formula is C14H20N3O2+. The average Bonchev–Trinajstić information content (AvgIpc) is 2.83. The van der Waals surface area contributed by atoms with Crippen LogP contribution >= 0.6 is 0 Å². The highest BCUT2D eigenvalue weighted by atomic mass is 16.5. The van der Waals surface area contributed by atoms with Crippen LogP contribution in [-0.2, 0) is 11.3 Å². The molecule has 2 N–H and O–H groups in total. The summed E-state index contributed by atoms with van der Waals surface area (Å²) in [6.45, 7) is 4.95. The Bertz CT molecular complexity index is 534. The highest BCUT2D eigenvalue weighted by Crippen LogP contribution is 2.11. The van der Waals surface area contributed by atoms with Crippen molar-refractivity contribution in [3.8, 4) is 0 Å². The lowest BCUT2D eigenvalue weighted by Gasteiger charge is -2.25. The third-order valence-corrected chi connectivity index (χ3v) is 3.66. The summed E-state index contributed by atoms with van der Waals surface area (Å²) in [4.78, 5) is 5.76. The second kappa shape index (κ2) is 5.69. The molecule has 1 saturated heterocycles. The number of ether oxygens (including phenoxy) is 1. The van der Waals surface area contributed by atoms with Crippen molar-refractivity contribution in [2.24, 2.45) is 0 Å². The van der Waals surface area contributed by atoms with Crippen LogP contribution in [0.25, 0.3) is 11.0 Å². The van der Waals surface area contributed by atoms with Gasteiger partial charge in [-0.15, -0.1) is 0 Å². The van der Waals surface area contributed by atoms with Crippen molar-refractivity contribution in [1.29, 1.82) is 0 Å². The molecule has 1 aliphatic rings. The van der Waals surface area contributed by atoms with Gasteiger partial charge in [-0.25, -0.2) is 4.98 Å². The first-order chi connectivity index (χ1) is 9.33. The Labute approximate surface area is 112 Å². The third-order valence-electron chi connectivity index (χ3n) is 3.66. The first-order valence-corrected chi connectivity index (χ1v) is 6.82. The van der Waals surface area contributed by atoms with Gasteiger partial charge in [0.25, 0.3) is 0 Å². The third kappa shape index (κ3) is 2.94. The molecule has 0 radical (unpaired) electrons. The maximum atomic E-state index is 10.2. The number of hydrogen-bond donors (Lipinski definition) is 2. The first kappa shape index (κ1) is 12.6. The number of para-hydroxylation sites is 2. The molecule has 1 fully saturated rings. The molecule has 2 heterocycles. The second-order valence-electron chi connectivity index (χ2n) is 5.11. The van der Waals surface area contributed by atoms with E-state index in [0.717, 1.165) is 43.9 Å². The molecule has 3 rings (SSSR count). The molecule has 0 aliphatic carbocycles. The van der Waals surface area contributed by atoms with E-state index in [9.17, 15) is 5.11 Å². The fraction of sp³-hybridized carbons (Fsp3) is 0.500. The quantitative estimate of drug-likeness (QED) is 0.767. The van der Waals surface area contributed by atoms with Crippen LogP contribution in [0, 0.1) is 0 Å². The molecule has 1 atom stereocenters. The van der Waals surface area contributed by atoms with E-state index < -0.39 is 0 Å². The zero-order chi connectivity index (χ0) is 13.1. The highest BCUT2D eigenvalue weighted by Gasteiger charge is 2.18. The summed E-state index contributed by atoms with van der Waals surface area (Å²) in [6.07, 6.45) is 1.47. The Hall–Kier alpha value is -1.43. The van der Waals surface area contributed by atoms with E-state index >= 15 is 0 Å². The van der Waals surface area contributed by atoms with Crippen molar-refractivity contribution in [1.82, 2.24) is 9.55 Å². The van der Waals surface area contributed by atoms with Gasteiger partial charge in [0, 0.05) is 0 Å². The average molecular weight is 262 g/mol. The summed E-state index contributed by atoms with van der Waals surface area (Å²) < 4.78 is 7.35. The SMILES string of the molecule is O[C@@H](Cn1cnc2ccccc21)C[NH+]1CCOCC1. The maximum Gasteiger partial charge on any atom is 0.121 e. The van der Waals surface area contributed by atoms with E-state index in [1.54, 1.807) is 0 Å². The van der Waals surface area contributed by atoms with Crippen LogP contribution in [0.5, 0.6) is 0 Å². The largest absolute Gasteiger partial charge is 0.385 e. The van der Waals surface area contributed by atoms with Crippen molar-refractivity contribution < 1.29 is 14.7 Å². The Morgan fingerprint density at radius 1 is 1.32 bits per heavy atom. The van der Waals surface area contributed by atoms with Gasteiger partial charge in [-0.05, 0) is 12.1 Å². The van der Waals surface area contributed by atoms with Crippen molar-refractivity contribution in [3.63, 3.8) is 0 Å².